The molecule has 3 aromatic rings. The lowest BCUT2D eigenvalue weighted by Crippen LogP contribution is -2.31. The summed E-state index contributed by atoms with van der Waals surface area (Å²) in [5.74, 6) is 2.18. The van der Waals surface area contributed by atoms with Gasteiger partial charge in [0.25, 0.3) is 0 Å². The van der Waals surface area contributed by atoms with Crippen LogP contribution in [0.5, 0.6) is 0 Å². The molecule has 0 spiro atoms. The van der Waals surface area contributed by atoms with Crippen molar-refractivity contribution in [3.63, 3.8) is 0 Å². The third kappa shape index (κ3) is 3.11. The molecular formula is C18H24ClN7. The highest BCUT2D eigenvalue weighted by Crippen LogP contribution is 2.37. The van der Waals surface area contributed by atoms with Crippen molar-refractivity contribution in [1.29, 1.82) is 0 Å². The Bertz CT molecular complexity index is 925. The molecule has 1 aliphatic carbocycles. The van der Waals surface area contributed by atoms with Gasteiger partial charge in [-0.15, -0.1) is 0 Å². The highest BCUT2D eigenvalue weighted by Gasteiger charge is 2.32. The first-order valence-electron chi connectivity index (χ1n) is 9.03. The smallest absolute Gasteiger partial charge is 0.231 e. The number of nitrogens with one attached hydrogen (secondary N) is 2. The van der Waals surface area contributed by atoms with Gasteiger partial charge in [0, 0.05) is 25.3 Å². The van der Waals surface area contributed by atoms with Crippen LogP contribution in [-0.4, -0.2) is 37.8 Å². The van der Waals surface area contributed by atoms with Crippen LogP contribution in [0.3, 0.4) is 0 Å². The second kappa shape index (κ2) is 6.46. The maximum atomic E-state index is 6.27. The number of aromatic amines is 1. The van der Waals surface area contributed by atoms with E-state index in [-0.39, 0.29) is 6.04 Å². The van der Waals surface area contributed by atoms with Crippen molar-refractivity contribution < 1.29 is 0 Å². The molecule has 3 heterocycles. The summed E-state index contributed by atoms with van der Waals surface area (Å²) in [5.41, 5.74) is 1.51. The summed E-state index contributed by atoms with van der Waals surface area (Å²) in [4.78, 5) is 14.8. The zero-order valence-corrected chi connectivity index (χ0v) is 16.2. The van der Waals surface area contributed by atoms with E-state index in [1.54, 1.807) is 0 Å². The molecule has 4 rings (SSSR count). The van der Waals surface area contributed by atoms with Crippen molar-refractivity contribution in [3.05, 3.63) is 23.6 Å². The third-order valence-electron chi connectivity index (χ3n) is 5.11. The Morgan fingerprint density at radius 1 is 1.31 bits per heavy atom. The molecule has 2 N–H and O–H groups in total. The molecule has 0 saturated heterocycles. The Morgan fingerprint density at radius 3 is 2.73 bits per heavy atom. The second-order valence-corrected chi connectivity index (χ2v) is 7.69. The van der Waals surface area contributed by atoms with Crippen LogP contribution in [0, 0.1) is 5.92 Å². The zero-order valence-electron chi connectivity index (χ0n) is 15.5. The number of nitrogens with zero attached hydrogens (tertiary/aromatic N) is 5. The van der Waals surface area contributed by atoms with E-state index in [1.165, 1.54) is 12.8 Å². The Balaban J connectivity index is 1.69. The first-order chi connectivity index (χ1) is 12.4. The highest BCUT2D eigenvalue weighted by molar-refractivity contribution is 6.32. The van der Waals surface area contributed by atoms with E-state index in [0.29, 0.717) is 22.8 Å². The number of H-pyrrole nitrogens is 1. The average molecular weight is 374 g/mol. The van der Waals surface area contributed by atoms with E-state index < -0.39 is 0 Å². The van der Waals surface area contributed by atoms with Crippen molar-refractivity contribution >= 4 is 40.1 Å². The molecule has 3 aromatic heterocycles. The average Bonchev–Trinajstić information content (AvgIpc) is 3.24. The summed E-state index contributed by atoms with van der Waals surface area (Å²) < 4.78 is 1.82. The van der Waals surface area contributed by atoms with E-state index in [2.05, 4.69) is 53.1 Å². The number of halogens is 1. The van der Waals surface area contributed by atoms with Crippen molar-refractivity contribution in [2.45, 2.75) is 45.7 Å². The molecule has 1 saturated carbocycles. The van der Waals surface area contributed by atoms with Gasteiger partial charge in [-0.05, 0) is 45.6 Å². The monoisotopic (exact) mass is 373 g/mol. The molecule has 0 aliphatic heterocycles. The SMILES string of the molecule is CC(C1CC1)N(C)c1nc(Nc2cn(C(C)C)nc2Cl)nc2[nH]ccc12. The van der Waals surface area contributed by atoms with Crippen LogP contribution < -0.4 is 10.2 Å². The minimum Gasteiger partial charge on any atom is -0.356 e. The van der Waals surface area contributed by atoms with Gasteiger partial charge < -0.3 is 15.2 Å². The lowest BCUT2D eigenvalue weighted by Gasteiger charge is -2.26. The first-order valence-corrected chi connectivity index (χ1v) is 9.41. The molecule has 0 aromatic carbocycles. The van der Waals surface area contributed by atoms with Gasteiger partial charge in [0.15, 0.2) is 5.15 Å². The lowest BCUT2D eigenvalue weighted by atomic mass is 10.2. The van der Waals surface area contributed by atoms with Crippen LogP contribution in [0.25, 0.3) is 11.0 Å². The number of hydrogen-bond donors (Lipinski definition) is 2. The number of fused-ring (bicyclic) bond motifs is 1. The fourth-order valence-electron chi connectivity index (χ4n) is 3.18. The Labute approximate surface area is 157 Å². The minimum atomic E-state index is 0.232. The van der Waals surface area contributed by atoms with Crippen LogP contribution in [0.4, 0.5) is 17.5 Å². The molecule has 8 heteroatoms. The summed E-state index contributed by atoms with van der Waals surface area (Å²) in [5, 5.41) is 8.98. The van der Waals surface area contributed by atoms with Gasteiger partial charge in [-0.2, -0.15) is 15.1 Å². The summed E-state index contributed by atoms with van der Waals surface area (Å²) >= 11 is 6.27. The van der Waals surface area contributed by atoms with E-state index in [9.17, 15) is 0 Å². The molecule has 0 radical (unpaired) electrons. The van der Waals surface area contributed by atoms with Crippen molar-refractivity contribution in [3.8, 4) is 0 Å². The van der Waals surface area contributed by atoms with Gasteiger partial charge >= 0.3 is 0 Å². The number of aromatic nitrogens is 5. The van der Waals surface area contributed by atoms with Crippen molar-refractivity contribution in [1.82, 2.24) is 24.7 Å². The van der Waals surface area contributed by atoms with E-state index in [4.69, 9.17) is 16.6 Å². The van der Waals surface area contributed by atoms with E-state index in [0.717, 1.165) is 22.8 Å². The molecule has 138 valence electrons. The van der Waals surface area contributed by atoms with Crippen LogP contribution in [-0.2, 0) is 0 Å². The molecule has 0 bridgehead atoms. The topological polar surface area (TPSA) is 74.7 Å². The van der Waals surface area contributed by atoms with Gasteiger partial charge in [-0.25, -0.2) is 0 Å². The van der Waals surface area contributed by atoms with Crippen LogP contribution >= 0.6 is 11.6 Å². The van der Waals surface area contributed by atoms with Gasteiger partial charge in [0.05, 0.1) is 17.3 Å². The standard InChI is InChI=1S/C18H24ClN7/c1-10(2)26-9-14(15(19)24-26)21-18-22-16-13(7-8-20-16)17(23-18)25(4)11(3)12-5-6-12/h7-12H,5-6H2,1-4H3,(H2,20,21,22,23). The maximum Gasteiger partial charge on any atom is 0.231 e. The zero-order chi connectivity index (χ0) is 18.4. The van der Waals surface area contributed by atoms with Gasteiger partial charge in [-0.1, -0.05) is 11.6 Å². The summed E-state index contributed by atoms with van der Waals surface area (Å²) in [6.07, 6.45) is 6.36. The predicted octanol–water partition coefficient (Wildman–Crippen LogP) is 4.37. The molecule has 1 atom stereocenters. The normalized spacial score (nSPS) is 15.6. The minimum absolute atomic E-state index is 0.232. The number of anilines is 3. The molecule has 7 nitrogen and oxygen atoms in total. The summed E-state index contributed by atoms with van der Waals surface area (Å²) in [7, 11) is 2.10. The molecule has 26 heavy (non-hydrogen) atoms. The van der Waals surface area contributed by atoms with Gasteiger partial charge in [-0.3, -0.25) is 4.68 Å². The van der Waals surface area contributed by atoms with E-state index in [1.807, 2.05) is 23.1 Å². The largest absolute Gasteiger partial charge is 0.356 e. The number of rotatable bonds is 6. The Morgan fingerprint density at radius 2 is 2.08 bits per heavy atom. The van der Waals surface area contributed by atoms with Gasteiger partial charge in [0.1, 0.15) is 11.5 Å². The van der Waals surface area contributed by atoms with Crippen molar-refractivity contribution in [2.75, 3.05) is 17.3 Å². The summed E-state index contributed by atoms with van der Waals surface area (Å²) in [6, 6.07) is 2.70. The first kappa shape index (κ1) is 17.1. The molecule has 1 fully saturated rings. The van der Waals surface area contributed by atoms with Crippen molar-refractivity contribution in [2.24, 2.45) is 5.92 Å². The fourth-order valence-corrected chi connectivity index (χ4v) is 3.36. The highest BCUT2D eigenvalue weighted by atomic mass is 35.5. The second-order valence-electron chi connectivity index (χ2n) is 7.33. The van der Waals surface area contributed by atoms with Crippen LogP contribution in [0.1, 0.15) is 39.7 Å². The molecule has 1 aliphatic rings. The fraction of sp³-hybridized carbons (Fsp3) is 0.500. The van der Waals surface area contributed by atoms with E-state index >= 15 is 0 Å². The maximum absolute atomic E-state index is 6.27. The third-order valence-corrected chi connectivity index (χ3v) is 5.39. The number of hydrogen-bond acceptors (Lipinski definition) is 5. The predicted molar refractivity (Wildman–Crippen MR) is 105 cm³/mol. The molecule has 1 unspecified atom stereocenters. The Kier molecular flexibility index (Phi) is 4.26. The quantitative estimate of drug-likeness (QED) is 0.671. The molecular weight excluding hydrogens is 350 g/mol. The molecule has 0 amide bonds. The van der Waals surface area contributed by atoms with Crippen LogP contribution in [0.15, 0.2) is 18.5 Å². The van der Waals surface area contributed by atoms with Gasteiger partial charge in [0.2, 0.25) is 5.95 Å². The summed E-state index contributed by atoms with van der Waals surface area (Å²) in [6.45, 7) is 6.37. The Hall–Kier alpha value is -2.28. The lowest BCUT2D eigenvalue weighted by molar-refractivity contribution is 0.533. The van der Waals surface area contributed by atoms with Crippen LogP contribution in [0.2, 0.25) is 5.15 Å².